The van der Waals surface area contributed by atoms with E-state index in [1.54, 1.807) is 0 Å². The molecule has 108 valence electrons. The smallest absolute Gasteiger partial charge is 0.243 e. The zero-order valence-electron chi connectivity index (χ0n) is 10.8. The average Bonchev–Trinajstić information content (AvgIpc) is 2.31. The lowest BCUT2D eigenvalue weighted by Crippen LogP contribution is -2.36. The largest absolute Gasteiger partial charge is 0.396 e. The highest BCUT2D eigenvalue weighted by molar-refractivity contribution is 8.00. The van der Waals surface area contributed by atoms with Gasteiger partial charge in [-0.15, -0.1) is 0 Å². The van der Waals surface area contributed by atoms with Crippen molar-refractivity contribution in [2.24, 2.45) is 0 Å². The zero-order valence-corrected chi connectivity index (χ0v) is 12.5. The van der Waals surface area contributed by atoms with Crippen LogP contribution in [0.15, 0.2) is 17.0 Å². The van der Waals surface area contributed by atoms with Gasteiger partial charge in [0, 0.05) is 17.4 Å². The quantitative estimate of drug-likeness (QED) is 0.816. The van der Waals surface area contributed by atoms with Gasteiger partial charge in [0.1, 0.15) is 16.5 Å². The molecular formula is C11H16F2N2O2S2. The third-order valence-electron chi connectivity index (χ3n) is 2.58. The van der Waals surface area contributed by atoms with Crippen LogP contribution in [0.25, 0.3) is 0 Å². The third-order valence-corrected chi connectivity index (χ3v) is 5.25. The Morgan fingerprint density at radius 3 is 2.42 bits per heavy atom. The summed E-state index contributed by atoms with van der Waals surface area (Å²) in [5.74, 6) is -2.15. The molecule has 4 nitrogen and oxygen atoms in total. The Balaban J connectivity index is 3.05. The molecule has 0 radical (unpaired) electrons. The molecule has 0 aliphatic carbocycles. The van der Waals surface area contributed by atoms with Crippen LogP contribution in [-0.4, -0.2) is 26.0 Å². The summed E-state index contributed by atoms with van der Waals surface area (Å²) in [5.41, 5.74) is 4.85. The molecule has 0 bridgehead atoms. The first-order valence-electron chi connectivity index (χ1n) is 5.38. The molecule has 0 heterocycles. The van der Waals surface area contributed by atoms with Crippen LogP contribution in [-0.2, 0) is 10.0 Å². The van der Waals surface area contributed by atoms with Crippen molar-refractivity contribution in [1.82, 2.24) is 4.72 Å². The third kappa shape index (κ3) is 4.05. The van der Waals surface area contributed by atoms with Crippen LogP contribution in [0.5, 0.6) is 0 Å². The normalized spacial score (nSPS) is 12.7. The van der Waals surface area contributed by atoms with Crippen LogP contribution in [0.4, 0.5) is 14.5 Å². The predicted octanol–water partition coefficient (Wildman–Crippen LogP) is 1.97. The molecule has 0 saturated carbocycles. The van der Waals surface area contributed by atoms with Crippen molar-refractivity contribution in [1.29, 1.82) is 0 Å². The van der Waals surface area contributed by atoms with E-state index in [0.29, 0.717) is 6.07 Å². The van der Waals surface area contributed by atoms with Crippen LogP contribution in [0.1, 0.15) is 13.8 Å². The summed E-state index contributed by atoms with van der Waals surface area (Å²) in [5, 5.41) is 0. The van der Waals surface area contributed by atoms with Gasteiger partial charge in [-0.3, -0.25) is 0 Å². The highest BCUT2D eigenvalue weighted by atomic mass is 32.2. The van der Waals surface area contributed by atoms with Crippen LogP contribution < -0.4 is 10.5 Å². The van der Waals surface area contributed by atoms with Gasteiger partial charge in [0.15, 0.2) is 0 Å². The number of halogens is 2. The molecule has 0 aliphatic rings. The number of nitrogens with two attached hydrogens (primary N) is 1. The fourth-order valence-corrected chi connectivity index (χ4v) is 2.78. The maximum atomic E-state index is 13.5. The molecule has 0 aromatic heterocycles. The second-order valence-electron chi connectivity index (χ2n) is 4.59. The molecule has 1 rings (SSSR count). The van der Waals surface area contributed by atoms with Crippen molar-refractivity contribution in [2.75, 3.05) is 18.5 Å². The fourth-order valence-electron chi connectivity index (χ4n) is 1.17. The van der Waals surface area contributed by atoms with Crippen molar-refractivity contribution in [3.63, 3.8) is 0 Å². The van der Waals surface area contributed by atoms with Gasteiger partial charge in [-0.2, -0.15) is 11.8 Å². The summed E-state index contributed by atoms with van der Waals surface area (Å²) in [6.07, 6.45) is 1.84. The van der Waals surface area contributed by atoms with E-state index in [9.17, 15) is 17.2 Å². The van der Waals surface area contributed by atoms with Crippen molar-refractivity contribution >= 4 is 27.5 Å². The van der Waals surface area contributed by atoms with Gasteiger partial charge < -0.3 is 5.73 Å². The lowest BCUT2D eigenvalue weighted by atomic mass is 10.2. The molecule has 3 N–H and O–H groups in total. The minimum Gasteiger partial charge on any atom is -0.396 e. The maximum Gasteiger partial charge on any atom is 0.243 e. The Morgan fingerprint density at radius 1 is 1.32 bits per heavy atom. The maximum absolute atomic E-state index is 13.5. The Bertz CT molecular complexity index is 574. The number of nitrogens with one attached hydrogen (secondary N) is 1. The van der Waals surface area contributed by atoms with E-state index in [0.717, 1.165) is 6.07 Å². The van der Waals surface area contributed by atoms with Crippen LogP contribution in [0, 0.1) is 11.6 Å². The summed E-state index contributed by atoms with van der Waals surface area (Å²) in [6.45, 7) is 3.80. The summed E-state index contributed by atoms with van der Waals surface area (Å²) in [6, 6.07) is 1.24. The van der Waals surface area contributed by atoms with E-state index >= 15 is 0 Å². The Labute approximate surface area is 115 Å². The second kappa shape index (κ2) is 5.64. The average molecular weight is 310 g/mol. The summed E-state index contributed by atoms with van der Waals surface area (Å²) in [7, 11) is -4.06. The predicted molar refractivity (Wildman–Crippen MR) is 73.6 cm³/mol. The van der Waals surface area contributed by atoms with Gasteiger partial charge in [-0.25, -0.2) is 21.9 Å². The van der Waals surface area contributed by atoms with E-state index in [4.69, 9.17) is 5.73 Å². The first kappa shape index (κ1) is 16.2. The zero-order chi connectivity index (χ0) is 14.8. The Hall–Kier alpha value is -0.860. The number of rotatable bonds is 5. The molecule has 0 spiro atoms. The monoisotopic (exact) mass is 310 g/mol. The Morgan fingerprint density at radius 2 is 1.89 bits per heavy atom. The number of sulfonamides is 1. The SMILES string of the molecule is CSC(C)(C)CNS(=O)(=O)c1cc(N)c(F)cc1F. The van der Waals surface area contributed by atoms with E-state index < -0.39 is 32.2 Å². The first-order chi connectivity index (χ1) is 8.59. The number of hydrogen-bond acceptors (Lipinski definition) is 4. The molecule has 1 aromatic rings. The van der Waals surface area contributed by atoms with E-state index in [1.807, 2.05) is 20.1 Å². The molecule has 8 heteroatoms. The summed E-state index contributed by atoms with van der Waals surface area (Å²) >= 11 is 1.47. The van der Waals surface area contributed by atoms with E-state index in [2.05, 4.69) is 4.72 Å². The van der Waals surface area contributed by atoms with Crippen LogP contribution in [0.2, 0.25) is 0 Å². The fraction of sp³-hybridized carbons (Fsp3) is 0.455. The minimum atomic E-state index is -4.06. The minimum absolute atomic E-state index is 0.118. The van der Waals surface area contributed by atoms with Crippen molar-refractivity contribution in [3.05, 3.63) is 23.8 Å². The van der Waals surface area contributed by atoms with E-state index in [1.165, 1.54) is 11.8 Å². The Kier molecular flexibility index (Phi) is 4.81. The number of hydrogen-bond donors (Lipinski definition) is 2. The molecule has 0 fully saturated rings. The molecule has 19 heavy (non-hydrogen) atoms. The van der Waals surface area contributed by atoms with Gasteiger partial charge in [0.25, 0.3) is 0 Å². The van der Waals surface area contributed by atoms with Gasteiger partial charge in [-0.05, 0) is 26.2 Å². The van der Waals surface area contributed by atoms with Gasteiger partial charge in [-0.1, -0.05) is 0 Å². The van der Waals surface area contributed by atoms with Crippen molar-refractivity contribution in [2.45, 2.75) is 23.5 Å². The molecule has 0 saturated heterocycles. The highest BCUT2D eigenvalue weighted by Crippen LogP contribution is 2.23. The summed E-state index contributed by atoms with van der Waals surface area (Å²) in [4.78, 5) is -0.650. The molecule has 0 amide bonds. The van der Waals surface area contributed by atoms with Gasteiger partial charge >= 0.3 is 0 Å². The number of thioether (sulfide) groups is 1. The van der Waals surface area contributed by atoms with E-state index in [-0.39, 0.29) is 11.3 Å². The first-order valence-corrected chi connectivity index (χ1v) is 8.09. The summed E-state index contributed by atoms with van der Waals surface area (Å²) < 4.78 is 52.3. The number of nitrogen functional groups attached to an aromatic ring is 1. The molecular weight excluding hydrogens is 294 g/mol. The standard InChI is InChI=1S/C11H16F2N2O2S2/c1-11(2,18-3)6-15-19(16,17)10-5-9(14)7(12)4-8(10)13/h4-5,15H,6,14H2,1-3H3. The lowest BCUT2D eigenvalue weighted by Gasteiger charge is -2.22. The van der Waals surface area contributed by atoms with Crippen molar-refractivity contribution in [3.8, 4) is 0 Å². The molecule has 0 atom stereocenters. The van der Waals surface area contributed by atoms with Crippen LogP contribution >= 0.6 is 11.8 Å². The van der Waals surface area contributed by atoms with Gasteiger partial charge in [0.05, 0.1) is 5.69 Å². The van der Waals surface area contributed by atoms with Crippen LogP contribution in [0.3, 0.4) is 0 Å². The molecule has 1 aromatic carbocycles. The highest BCUT2D eigenvalue weighted by Gasteiger charge is 2.24. The van der Waals surface area contributed by atoms with Gasteiger partial charge in [0.2, 0.25) is 10.0 Å². The second-order valence-corrected chi connectivity index (χ2v) is 7.84. The van der Waals surface area contributed by atoms with Crippen molar-refractivity contribution < 1.29 is 17.2 Å². The molecule has 0 unspecified atom stereocenters. The molecule has 0 aliphatic heterocycles. The number of benzene rings is 1. The topological polar surface area (TPSA) is 72.2 Å². The number of anilines is 1. The lowest BCUT2D eigenvalue weighted by molar-refractivity contribution is 0.540.